The molecular weight excluding hydrogens is 499 g/mol. The number of fused-ring (bicyclic) bond motifs is 1. The minimum absolute atomic E-state index is 0.0670. The number of alkyl halides is 3. The first kappa shape index (κ1) is 23.5. The second-order valence-corrected chi connectivity index (χ2v) is 9.71. The van der Waals surface area contributed by atoms with Crippen molar-refractivity contribution >= 4 is 21.1 Å². The van der Waals surface area contributed by atoms with Gasteiger partial charge in [-0.05, 0) is 38.1 Å². The Morgan fingerprint density at radius 2 is 1.78 bits per heavy atom. The molecule has 5 rings (SSSR count). The predicted molar refractivity (Wildman–Crippen MR) is 123 cm³/mol. The molecular formula is C23H16F3N5O4S. The lowest BCUT2D eigenvalue weighted by Crippen LogP contribution is -2.17. The van der Waals surface area contributed by atoms with Crippen molar-refractivity contribution in [2.75, 3.05) is 0 Å². The molecule has 0 bridgehead atoms. The normalized spacial score (nSPS) is 12.4. The molecule has 1 N–H and O–H groups in total. The fourth-order valence-electron chi connectivity index (χ4n) is 3.97. The van der Waals surface area contributed by atoms with Crippen LogP contribution < -0.4 is 5.69 Å². The number of nitrogens with one attached hydrogen (secondary N) is 1. The lowest BCUT2D eigenvalue weighted by atomic mass is 10.1. The summed E-state index contributed by atoms with van der Waals surface area (Å²) in [4.78, 5) is 21.6. The Morgan fingerprint density at radius 1 is 1.06 bits per heavy atom. The molecule has 0 spiro atoms. The molecule has 0 saturated heterocycles. The molecule has 0 aliphatic rings. The minimum atomic E-state index is -4.87. The highest BCUT2D eigenvalue weighted by atomic mass is 32.2. The highest BCUT2D eigenvalue weighted by Gasteiger charge is 2.36. The Kier molecular flexibility index (Phi) is 5.32. The van der Waals surface area contributed by atoms with Crippen LogP contribution in [0.2, 0.25) is 0 Å². The zero-order valence-corrected chi connectivity index (χ0v) is 19.5. The largest absolute Gasteiger partial charge is 0.419 e. The van der Waals surface area contributed by atoms with Crippen molar-refractivity contribution in [2.45, 2.75) is 24.9 Å². The molecule has 5 aromatic rings. The zero-order chi connectivity index (χ0) is 25.8. The van der Waals surface area contributed by atoms with Gasteiger partial charge in [-0.1, -0.05) is 23.4 Å². The summed E-state index contributed by atoms with van der Waals surface area (Å²) < 4.78 is 74.5. The highest BCUT2D eigenvalue weighted by Crippen LogP contribution is 2.39. The van der Waals surface area contributed by atoms with Gasteiger partial charge < -0.3 is 9.51 Å². The fraction of sp³-hybridized carbons (Fsp3) is 0.130. The number of hydrogen-bond donors (Lipinski definition) is 1. The number of rotatable bonds is 4. The molecule has 0 atom stereocenters. The van der Waals surface area contributed by atoms with Crippen LogP contribution in [-0.2, 0) is 16.2 Å². The van der Waals surface area contributed by atoms with E-state index in [1.807, 2.05) is 0 Å². The smallest absolute Gasteiger partial charge is 0.361 e. The van der Waals surface area contributed by atoms with Crippen molar-refractivity contribution in [3.63, 3.8) is 0 Å². The number of aryl methyl sites for hydroxylation is 2. The van der Waals surface area contributed by atoms with Crippen LogP contribution in [0.15, 0.2) is 69.1 Å². The van der Waals surface area contributed by atoms with Crippen molar-refractivity contribution in [3.05, 3.63) is 82.4 Å². The van der Waals surface area contributed by atoms with Gasteiger partial charge in [0, 0.05) is 23.3 Å². The fourth-order valence-corrected chi connectivity index (χ4v) is 5.31. The quantitative estimate of drug-likeness (QED) is 0.378. The van der Waals surface area contributed by atoms with Crippen LogP contribution in [0, 0.1) is 13.8 Å². The summed E-state index contributed by atoms with van der Waals surface area (Å²) in [6.45, 7) is 3.34. The van der Waals surface area contributed by atoms with E-state index in [2.05, 4.69) is 20.1 Å². The maximum atomic E-state index is 13.8. The number of halogens is 3. The lowest BCUT2D eigenvalue weighted by molar-refractivity contribution is -0.137. The molecule has 0 saturated carbocycles. The molecule has 0 unspecified atom stereocenters. The van der Waals surface area contributed by atoms with E-state index in [-0.39, 0.29) is 21.5 Å². The monoisotopic (exact) mass is 515 g/mol. The van der Waals surface area contributed by atoms with Crippen LogP contribution in [0.3, 0.4) is 0 Å². The third-order valence-corrected chi connectivity index (χ3v) is 7.26. The second kappa shape index (κ2) is 8.16. The average molecular weight is 515 g/mol. The topological polar surface area (TPSA) is 124 Å². The Labute approximate surface area is 201 Å². The molecule has 0 aliphatic heterocycles. The van der Waals surface area contributed by atoms with E-state index in [1.54, 1.807) is 19.9 Å². The second-order valence-electron chi connectivity index (χ2n) is 7.90. The van der Waals surface area contributed by atoms with Gasteiger partial charge in [0.2, 0.25) is 0 Å². The van der Waals surface area contributed by atoms with Crippen LogP contribution >= 0.6 is 0 Å². The Balaban J connectivity index is 1.88. The van der Waals surface area contributed by atoms with E-state index >= 15 is 0 Å². The number of aromatic amines is 1. The van der Waals surface area contributed by atoms with Crippen molar-refractivity contribution in [2.24, 2.45) is 0 Å². The van der Waals surface area contributed by atoms with Crippen molar-refractivity contribution < 1.29 is 26.1 Å². The zero-order valence-electron chi connectivity index (χ0n) is 18.7. The van der Waals surface area contributed by atoms with Crippen molar-refractivity contribution in [1.29, 1.82) is 0 Å². The van der Waals surface area contributed by atoms with Crippen molar-refractivity contribution in [1.82, 2.24) is 24.1 Å². The molecule has 0 amide bonds. The predicted octanol–water partition coefficient (Wildman–Crippen LogP) is 4.31. The number of aromatic nitrogens is 5. The summed E-state index contributed by atoms with van der Waals surface area (Å²) in [5.74, 6) is 0.432. The summed E-state index contributed by atoms with van der Waals surface area (Å²) >= 11 is 0. The maximum absolute atomic E-state index is 13.8. The van der Waals surface area contributed by atoms with E-state index in [0.717, 1.165) is 10.2 Å². The SMILES string of the molecule is Cc1noc(C)c1-c1ccc2c(-c3[nH]c(=O)ncc3C(F)(F)F)cn(S(=O)(=O)c3ccccc3)c2n1. The molecule has 0 aliphatic carbocycles. The molecule has 4 heterocycles. The van der Waals surface area contributed by atoms with Gasteiger partial charge in [0.05, 0.1) is 33.1 Å². The van der Waals surface area contributed by atoms with Gasteiger partial charge in [-0.3, -0.25) is 0 Å². The number of H-pyrrole nitrogens is 1. The van der Waals surface area contributed by atoms with Gasteiger partial charge in [0.25, 0.3) is 10.0 Å². The van der Waals surface area contributed by atoms with Gasteiger partial charge in [-0.2, -0.15) is 13.2 Å². The lowest BCUT2D eigenvalue weighted by Gasteiger charge is -2.11. The Hall–Kier alpha value is -4.26. The number of benzene rings is 1. The first-order valence-corrected chi connectivity index (χ1v) is 11.9. The molecule has 4 aromatic heterocycles. The maximum Gasteiger partial charge on any atom is 0.419 e. The molecule has 0 radical (unpaired) electrons. The molecule has 13 heteroatoms. The van der Waals surface area contributed by atoms with E-state index in [0.29, 0.717) is 28.9 Å². The first-order chi connectivity index (χ1) is 17.0. The van der Waals surface area contributed by atoms with E-state index < -0.39 is 33.1 Å². The third-order valence-electron chi connectivity index (χ3n) is 5.60. The van der Waals surface area contributed by atoms with Gasteiger partial charge in [0.15, 0.2) is 5.65 Å². The minimum Gasteiger partial charge on any atom is -0.361 e. The summed E-state index contributed by atoms with van der Waals surface area (Å²) in [6, 6.07) is 10.3. The van der Waals surface area contributed by atoms with Crippen LogP contribution in [0.5, 0.6) is 0 Å². The standard InChI is InChI=1S/C23H16F3N5O4S/c1-12-19(13(2)35-30-12)18-9-8-15-16(20-17(23(24,25)26)10-27-22(32)29-20)11-31(21(15)28-18)36(33,34)14-6-4-3-5-7-14/h3-11H,1-2H3,(H,27,29,32). The summed E-state index contributed by atoms with van der Waals surface area (Å²) in [5.41, 5.74) is -1.86. The van der Waals surface area contributed by atoms with E-state index in [1.165, 1.54) is 36.4 Å². The third kappa shape index (κ3) is 3.77. The first-order valence-electron chi connectivity index (χ1n) is 10.4. The highest BCUT2D eigenvalue weighted by molar-refractivity contribution is 7.90. The molecule has 1 aromatic carbocycles. The summed E-state index contributed by atoms with van der Waals surface area (Å²) in [6.07, 6.45) is -3.45. The number of hydrogen-bond acceptors (Lipinski definition) is 7. The summed E-state index contributed by atoms with van der Waals surface area (Å²) in [5, 5.41) is 3.95. The van der Waals surface area contributed by atoms with Crippen LogP contribution in [0.1, 0.15) is 17.0 Å². The van der Waals surface area contributed by atoms with Gasteiger partial charge in [0.1, 0.15) is 5.76 Å². The number of nitrogens with zero attached hydrogens (tertiary/aromatic N) is 4. The van der Waals surface area contributed by atoms with Crippen LogP contribution in [0.4, 0.5) is 13.2 Å². The Morgan fingerprint density at radius 3 is 2.42 bits per heavy atom. The van der Waals surface area contributed by atoms with Crippen LogP contribution in [0.25, 0.3) is 33.5 Å². The van der Waals surface area contributed by atoms with Crippen molar-refractivity contribution in [3.8, 4) is 22.5 Å². The van der Waals surface area contributed by atoms with Gasteiger partial charge in [-0.15, -0.1) is 0 Å². The number of pyridine rings is 1. The molecule has 9 nitrogen and oxygen atoms in total. The Bertz CT molecular complexity index is 1770. The molecule has 184 valence electrons. The molecule has 0 fully saturated rings. The van der Waals surface area contributed by atoms with E-state index in [4.69, 9.17) is 4.52 Å². The van der Waals surface area contributed by atoms with Crippen LogP contribution in [-0.4, -0.2) is 32.5 Å². The van der Waals surface area contributed by atoms with E-state index in [9.17, 15) is 26.4 Å². The molecule has 36 heavy (non-hydrogen) atoms. The van der Waals surface area contributed by atoms with Gasteiger partial charge >= 0.3 is 11.9 Å². The summed E-state index contributed by atoms with van der Waals surface area (Å²) in [7, 11) is -4.29. The van der Waals surface area contributed by atoms with Gasteiger partial charge in [-0.25, -0.2) is 27.2 Å². The average Bonchev–Trinajstić information content (AvgIpc) is 3.38.